The first-order valence-corrected chi connectivity index (χ1v) is 12.3. The van der Waals surface area contributed by atoms with Crippen LogP contribution in [-0.4, -0.2) is 31.8 Å². The average molecular weight is 368 g/mol. The van der Waals surface area contributed by atoms with Gasteiger partial charge in [-0.3, -0.25) is 4.55 Å². The molecular weight excluding hydrogens is 330 g/mol. The first-order chi connectivity index (χ1) is 11.1. The highest BCUT2D eigenvalue weighted by molar-refractivity contribution is 8.69. The quantitative estimate of drug-likeness (QED) is 0.198. The third-order valence-electron chi connectivity index (χ3n) is 3.97. The summed E-state index contributed by atoms with van der Waals surface area (Å²) in [6.07, 6.45) is 17.6. The van der Waals surface area contributed by atoms with Gasteiger partial charge in [0, 0.05) is 12.3 Å². The predicted molar refractivity (Wildman–Crippen MR) is 103 cm³/mol. The predicted octanol–water partition coefficient (Wildman–Crippen LogP) is 5.20. The van der Waals surface area contributed by atoms with Crippen LogP contribution >= 0.6 is 10.8 Å². The highest BCUT2D eigenvalue weighted by Crippen LogP contribution is 2.12. The molecule has 23 heavy (non-hydrogen) atoms. The van der Waals surface area contributed by atoms with Crippen LogP contribution in [0.3, 0.4) is 0 Å². The monoisotopic (exact) mass is 367 g/mol. The summed E-state index contributed by atoms with van der Waals surface area (Å²) >= 11 is 0. The molecule has 0 amide bonds. The van der Waals surface area contributed by atoms with Crippen molar-refractivity contribution in [2.75, 3.05) is 18.8 Å². The van der Waals surface area contributed by atoms with Crippen LogP contribution in [0.2, 0.25) is 0 Å². The largest absolute Gasteiger partial charge is 0.319 e. The van der Waals surface area contributed by atoms with E-state index in [9.17, 15) is 8.42 Å². The molecule has 6 heteroatoms. The Hall–Kier alpha value is 0.220. The Morgan fingerprint density at radius 1 is 0.739 bits per heavy atom. The van der Waals surface area contributed by atoms with Gasteiger partial charge in [0.2, 0.25) is 0 Å². The van der Waals surface area contributed by atoms with Crippen LogP contribution in [-0.2, 0) is 9.15 Å². The third kappa shape index (κ3) is 22.2. The summed E-state index contributed by atoms with van der Waals surface area (Å²) in [6, 6.07) is 0. The zero-order valence-corrected chi connectivity index (χ0v) is 16.5. The number of hydrogen-bond donors (Lipinski definition) is 2. The first kappa shape index (κ1) is 23.2. The highest BCUT2D eigenvalue weighted by Gasteiger charge is 2.03. The Morgan fingerprint density at radius 3 is 1.61 bits per heavy atom. The Balaban J connectivity index is 3.03. The fraction of sp³-hybridized carbons (Fsp3) is 1.00. The second-order valence-electron chi connectivity index (χ2n) is 6.24. The van der Waals surface area contributed by atoms with Gasteiger partial charge in [0.25, 0.3) is 0 Å². The van der Waals surface area contributed by atoms with Crippen LogP contribution in [0.25, 0.3) is 0 Å². The lowest BCUT2D eigenvalue weighted by atomic mass is 10.0. The van der Waals surface area contributed by atoms with E-state index in [0.717, 1.165) is 13.0 Å². The molecule has 0 fully saturated rings. The van der Waals surface area contributed by atoms with Crippen LogP contribution < -0.4 is 5.32 Å². The minimum Gasteiger partial charge on any atom is -0.316 e. The molecule has 0 saturated heterocycles. The zero-order chi connectivity index (χ0) is 17.2. The van der Waals surface area contributed by atoms with E-state index in [1.54, 1.807) is 0 Å². The van der Waals surface area contributed by atoms with E-state index < -0.39 is 9.15 Å². The van der Waals surface area contributed by atoms with Gasteiger partial charge in [0.1, 0.15) is 0 Å². The molecule has 0 aromatic rings. The molecule has 0 aliphatic carbocycles. The van der Waals surface area contributed by atoms with E-state index in [1.807, 2.05) is 0 Å². The summed E-state index contributed by atoms with van der Waals surface area (Å²) in [5, 5.41) is 3.20. The van der Waals surface area contributed by atoms with Gasteiger partial charge in [0.15, 0.2) is 0 Å². The maximum Gasteiger partial charge on any atom is 0.319 e. The van der Waals surface area contributed by atoms with Crippen LogP contribution in [0.15, 0.2) is 0 Å². The minimum atomic E-state index is -3.87. The van der Waals surface area contributed by atoms with Gasteiger partial charge in [-0.2, -0.15) is 8.42 Å². The Labute approximate surface area is 147 Å². The summed E-state index contributed by atoms with van der Waals surface area (Å²) in [4.78, 5) is 0. The van der Waals surface area contributed by atoms with E-state index in [-0.39, 0.29) is 0 Å². The smallest absolute Gasteiger partial charge is 0.316 e. The second-order valence-corrected chi connectivity index (χ2v) is 9.71. The summed E-state index contributed by atoms with van der Waals surface area (Å²) in [5.74, 6) is 0.400. The topological polar surface area (TPSA) is 66.4 Å². The fourth-order valence-electron chi connectivity index (χ4n) is 2.61. The van der Waals surface area contributed by atoms with E-state index in [1.165, 1.54) is 77.0 Å². The molecule has 0 rings (SSSR count). The molecule has 0 saturated carbocycles. The molecule has 4 nitrogen and oxygen atoms in total. The van der Waals surface area contributed by atoms with Crippen molar-refractivity contribution in [2.45, 2.75) is 90.4 Å². The highest BCUT2D eigenvalue weighted by atomic mass is 33.1. The van der Waals surface area contributed by atoms with Crippen LogP contribution in [0, 0.1) is 0 Å². The second kappa shape index (κ2) is 17.1. The maximum absolute atomic E-state index is 10.5. The van der Waals surface area contributed by atoms with Crippen molar-refractivity contribution in [2.24, 2.45) is 0 Å². The van der Waals surface area contributed by atoms with E-state index in [0.29, 0.717) is 23.1 Å². The van der Waals surface area contributed by atoms with Crippen molar-refractivity contribution in [1.29, 1.82) is 0 Å². The molecule has 0 radical (unpaired) electrons. The molecule has 0 atom stereocenters. The molecule has 0 aliphatic rings. The molecule has 0 bridgehead atoms. The van der Waals surface area contributed by atoms with Crippen molar-refractivity contribution in [3.8, 4) is 0 Å². The van der Waals surface area contributed by atoms with Gasteiger partial charge in [-0.1, -0.05) is 84.0 Å². The molecule has 0 spiro atoms. The normalized spacial score (nSPS) is 11.9. The van der Waals surface area contributed by atoms with Crippen molar-refractivity contribution >= 4 is 19.9 Å². The Kier molecular flexibility index (Phi) is 17.2. The fourth-order valence-corrected chi connectivity index (χ4v) is 3.93. The van der Waals surface area contributed by atoms with Gasteiger partial charge in [0.05, 0.1) is 0 Å². The van der Waals surface area contributed by atoms with Crippen LogP contribution in [0.4, 0.5) is 0 Å². The van der Waals surface area contributed by atoms with E-state index in [2.05, 4.69) is 12.2 Å². The number of rotatable bonds is 18. The number of unbranched alkanes of at least 4 members (excludes halogenated alkanes) is 12. The Morgan fingerprint density at radius 2 is 1.17 bits per heavy atom. The summed E-state index contributed by atoms with van der Waals surface area (Å²) in [6.45, 7) is 3.82. The van der Waals surface area contributed by atoms with Gasteiger partial charge >= 0.3 is 9.15 Å². The summed E-state index contributed by atoms with van der Waals surface area (Å²) < 4.78 is 29.5. The standard InChI is InChI=1S/C17H37NO3S2/c1-2-3-4-5-6-7-8-9-10-11-12-13-14-15-18-16-17-22-23(19,20)21/h18H,2-17H2,1H3,(H,19,20,21). The van der Waals surface area contributed by atoms with E-state index >= 15 is 0 Å². The lowest BCUT2D eigenvalue weighted by molar-refractivity contribution is 0.503. The van der Waals surface area contributed by atoms with Gasteiger partial charge in [-0.25, -0.2) is 0 Å². The van der Waals surface area contributed by atoms with Crippen molar-refractivity contribution < 1.29 is 13.0 Å². The third-order valence-corrected chi connectivity index (χ3v) is 6.03. The van der Waals surface area contributed by atoms with Crippen molar-refractivity contribution in [3.05, 3.63) is 0 Å². The molecule has 0 aromatic heterocycles. The molecule has 2 N–H and O–H groups in total. The molecule has 140 valence electrons. The van der Waals surface area contributed by atoms with Crippen LogP contribution in [0.1, 0.15) is 90.4 Å². The van der Waals surface area contributed by atoms with Gasteiger partial charge in [-0.15, -0.1) is 0 Å². The molecule has 0 aliphatic heterocycles. The molecule has 0 aromatic carbocycles. The minimum absolute atomic E-state index is 0.400. The van der Waals surface area contributed by atoms with E-state index in [4.69, 9.17) is 4.55 Å². The van der Waals surface area contributed by atoms with Crippen molar-refractivity contribution in [1.82, 2.24) is 5.32 Å². The van der Waals surface area contributed by atoms with Gasteiger partial charge < -0.3 is 5.32 Å². The number of nitrogens with one attached hydrogen (secondary N) is 1. The maximum atomic E-state index is 10.5. The van der Waals surface area contributed by atoms with Gasteiger partial charge in [-0.05, 0) is 23.8 Å². The first-order valence-electron chi connectivity index (χ1n) is 9.39. The Bertz CT molecular complexity index is 335. The van der Waals surface area contributed by atoms with Crippen molar-refractivity contribution in [3.63, 3.8) is 0 Å². The summed E-state index contributed by atoms with van der Waals surface area (Å²) in [7, 11) is -3.28. The number of hydrogen-bond acceptors (Lipinski definition) is 4. The SMILES string of the molecule is CCCCCCCCCCCCCCCNCCSS(=O)(=O)O. The summed E-state index contributed by atoms with van der Waals surface area (Å²) in [5.41, 5.74) is 0. The molecule has 0 unspecified atom stereocenters. The molecular formula is C17H37NO3S2. The average Bonchev–Trinajstić information content (AvgIpc) is 2.49. The zero-order valence-electron chi connectivity index (χ0n) is 14.9. The van der Waals surface area contributed by atoms with Crippen LogP contribution in [0.5, 0.6) is 0 Å². The lowest BCUT2D eigenvalue weighted by Gasteiger charge is -2.04. The molecule has 0 heterocycles. The lowest BCUT2D eigenvalue weighted by Crippen LogP contribution is -2.18.